The molecular formula is C24H26ClN3O2. The number of amides is 2. The van der Waals surface area contributed by atoms with Crippen LogP contribution >= 0.6 is 11.6 Å². The fourth-order valence-corrected chi connectivity index (χ4v) is 4.43. The molecule has 0 spiro atoms. The number of nitrogens with zero attached hydrogens (tertiary/aromatic N) is 2. The van der Waals surface area contributed by atoms with E-state index >= 15 is 0 Å². The molecule has 1 saturated heterocycles. The number of carbonyl (C=O) groups excluding carboxylic acids is 2. The summed E-state index contributed by atoms with van der Waals surface area (Å²) in [4.78, 5) is 26.2. The molecule has 2 heterocycles. The molecule has 6 heteroatoms. The summed E-state index contributed by atoms with van der Waals surface area (Å²) in [7, 11) is 0. The third kappa shape index (κ3) is 3.82. The standard InChI is InChI=1S/C24H26ClN3O2/c1-15-16(2)28(14-17-3-6-20(25)7-4-17)22-8-5-19(13-21(15)22)24(30)27-11-9-18(10-12-27)23(26)29/h3-8,13,18H,9-12,14H2,1-2H3,(H2,26,29). The number of aromatic nitrogens is 1. The van der Waals surface area contributed by atoms with Crippen LogP contribution in [0.1, 0.15) is 40.0 Å². The van der Waals surface area contributed by atoms with Crippen LogP contribution in [0.5, 0.6) is 0 Å². The zero-order valence-corrected chi connectivity index (χ0v) is 18.1. The van der Waals surface area contributed by atoms with E-state index in [9.17, 15) is 9.59 Å². The molecular weight excluding hydrogens is 398 g/mol. The molecule has 1 aliphatic rings. The third-order valence-electron chi connectivity index (χ3n) is 6.32. The van der Waals surface area contributed by atoms with Crippen molar-refractivity contribution < 1.29 is 9.59 Å². The summed E-state index contributed by atoms with van der Waals surface area (Å²) in [6, 6.07) is 13.8. The quantitative estimate of drug-likeness (QED) is 0.679. The summed E-state index contributed by atoms with van der Waals surface area (Å²) in [6.07, 6.45) is 1.28. The molecule has 2 amide bonds. The van der Waals surface area contributed by atoms with Crippen LogP contribution in [0.4, 0.5) is 0 Å². The number of piperidine rings is 1. The van der Waals surface area contributed by atoms with Crippen molar-refractivity contribution in [3.8, 4) is 0 Å². The Labute approximate surface area is 181 Å². The first-order valence-electron chi connectivity index (χ1n) is 10.3. The highest BCUT2D eigenvalue weighted by molar-refractivity contribution is 6.30. The first-order valence-corrected chi connectivity index (χ1v) is 10.7. The minimum Gasteiger partial charge on any atom is -0.369 e. The topological polar surface area (TPSA) is 68.3 Å². The van der Waals surface area contributed by atoms with Gasteiger partial charge in [-0.25, -0.2) is 0 Å². The smallest absolute Gasteiger partial charge is 0.253 e. The van der Waals surface area contributed by atoms with Crippen LogP contribution in [0, 0.1) is 19.8 Å². The second kappa shape index (κ2) is 8.15. The largest absolute Gasteiger partial charge is 0.369 e. The Hall–Kier alpha value is -2.79. The van der Waals surface area contributed by atoms with Crippen LogP contribution in [0.3, 0.4) is 0 Å². The number of hydrogen-bond donors (Lipinski definition) is 1. The van der Waals surface area contributed by atoms with Gasteiger partial charge >= 0.3 is 0 Å². The molecule has 0 unspecified atom stereocenters. The van der Waals surface area contributed by atoms with E-state index in [1.807, 2.05) is 47.4 Å². The maximum Gasteiger partial charge on any atom is 0.253 e. The Morgan fingerprint density at radius 1 is 1.07 bits per heavy atom. The normalized spacial score (nSPS) is 15.0. The lowest BCUT2D eigenvalue weighted by atomic mass is 9.95. The van der Waals surface area contributed by atoms with Gasteiger partial charge in [0.05, 0.1) is 0 Å². The molecule has 30 heavy (non-hydrogen) atoms. The zero-order valence-electron chi connectivity index (χ0n) is 17.3. The molecule has 1 aromatic heterocycles. The number of fused-ring (bicyclic) bond motifs is 1. The molecule has 5 nitrogen and oxygen atoms in total. The van der Waals surface area contributed by atoms with E-state index < -0.39 is 0 Å². The van der Waals surface area contributed by atoms with Crippen LogP contribution in [-0.2, 0) is 11.3 Å². The monoisotopic (exact) mass is 423 g/mol. The van der Waals surface area contributed by atoms with Gasteiger partial charge in [0.2, 0.25) is 5.91 Å². The summed E-state index contributed by atoms with van der Waals surface area (Å²) >= 11 is 6.01. The highest BCUT2D eigenvalue weighted by Crippen LogP contribution is 2.28. The lowest BCUT2D eigenvalue weighted by molar-refractivity contribution is -0.123. The van der Waals surface area contributed by atoms with E-state index in [0.29, 0.717) is 31.5 Å². The van der Waals surface area contributed by atoms with Crippen LogP contribution < -0.4 is 5.73 Å². The molecule has 3 aromatic rings. The van der Waals surface area contributed by atoms with Crippen LogP contribution in [0.15, 0.2) is 42.5 Å². The number of nitrogens with two attached hydrogens (primary N) is 1. The van der Waals surface area contributed by atoms with Crippen molar-refractivity contribution in [3.63, 3.8) is 0 Å². The highest BCUT2D eigenvalue weighted by Gasteiger charge is 2.27. The van der Waals surface area contributed by atoms with Gasteiger partial charge in [-0.15, -0.1) is 0 Å². The number of aryl methyl sites for hydroxylation is 1. The molecule has 1 fully saturated rings. The van der Waals surface area contributed by atoms with Gasteiger partial charge in [-0.2, -0.15) is 0 Å². The first kappa shape index (κ1) is 20.5. The van der Waals surface area contributed by atoms with Gasteiger partial charge in [-0.1, -0.05) is 23.7 Å². The van der Waals surface area contributed by atoms with E-state index in [1.165, 1.54) is 16.8 Å². The van der Waals surface area contributed by atoms with Crippen molar-refractivity contribution in [1.82, 2.24) is 9.47 Å². The summed E-state index contributed by atoms with van der Waals surface area (Å²) in [5.41, 5.74) is 10.8. The highest BCUT2D eigenvalue weighted by atomic mass is 35.5. The summed E-state index contributed by atoms with van der Waals surface area (Å²) in [5, 5.41) is 1.83. The van der Waals surface area contributed by atoms with E-state index in [4.69, 9.17) is 17.3 Å². The molecule has 1 aliphatic heterocycles. The predicted molar refractivity (Wildman–Crippen MR) is 120 cm³/mol. The summed E-state index contributed by atoms with van der Waals surface area (Å²) in [6.45, 7) is 6.10. The molecule has 0 atom stereocenters. The molecule has 2 aromatic carbocycles. The predicted octanol–water partition coefficient (Wildman–Crippen LogP) is 4.30. The minimum atomic E-state index is -0.267. The van der Waals surface area contributed by atoms with E-state index in [2.05, 4.69) is 18.4 Å². The molecule has 0 saturated carbocycles. The lowest BCUT2D eigenvalue weighted by Gasteiger charge is -2.30. The molecule has 2 N–H and O–H groups in total. The van der Waals surface area contributed by atoms with E-state index in [0.717, 1.165) is 22.5 Å². The van der Waals surface area contributed by atoms with Crippen molar-refractivity contribution in [2.24, 2.45) is 11.7 Å². The van der Waals surface area contributed by atoms with Crippen molar-refractivity contribution >= 4 is 34.3 Å². The zero-order chi connectivity index (χ0) is 21.4. The maximum atomic E-state index is 13.0. The second-order valence-electron chi connectivity index (χ2n) is 8.12. The summed E-state index contributed by atoms with van der Waals surface area (Å²) in [5.74, 6) is -0.373. The fraction of sp³-hybridized carbons (Fsp3) is 0.333. The van der Waals surface area contributed by atoms with Crippen molar-refractivity contribution in [2.75, 3.05) is 13.1 Å². The van der Waals surface area contributed by atoms with Crippen molar-refractivity contribution in [2.45, 2.75) is 33.2 Å². The van der Waals surface area contributed by atoms with Gasteiger partial charge in [0.15, 0.2) is 0 Å². The summed E-state index contributed by atoms with van der Waals surface area (Å²) < 4.78 is 2.28. The van der Waals surface area contributed by atoms with Crippen LogP contribution in [0.2, 0.25) is 5.02 Å². The number of rotatable bonds is 4. The third-order valence-corrected chi connectivity index (χ3v) is 6.58. The minimum absolute atomic E-state index is 0.0160. The molecule has 0 radical (unpaired) electrons. The Kier molecular flexibility index (Phi) is 5.56. The number of likely N-dealkylation sites (tertiary alicyclic amines) is 1. The Balaban J connectivity index is 1.60. The van der Waals surface area contributed by atoms with Gasteiger partial charge in [0.1, 0.15) is 0 Å². The number of carbonyl (C=O) groups is 2. The fourth-order valence-electron chi connectivity index (χ4n) is 4.31. The number of hydrogen-bond acceptors (Lipinski definition) is 2. The maximum absolute atomic E-state index is 13.0. The van der Waals surface area contributed by atoms with Gasteiger partial charge < -0.3 is 15.2 Å². The van der Waals surface area contributed by atoms with Crippen molar-refractivity contribution in [3.05, 3.63) is 69.9 Å². The first-order chi connectivity index (χ1) is 14.3. The number of halogens is 1. The Morgan fingerprint density at radius 3 is 2.37 bits per heavy atom. The van der Waals surface area contributed by atoms with Gasteiger partial charge in [-0.05, 0) is 68.1 Å². The Morgan fingerprint density at radius 2 is 1.73 bits per heavy atom. The van der Waals surface area contributed by atoms with E-state index in [1.54, 1.807) is 0 Å². The lowest BCUT2D eigenvalue weighted by Crippen LogP contribution is -2.41. The molecule has 0 aliphatic carbocycles. The van der Waals surface area contributed by atoms with Crippen LogP contribution in [-0.4, -0.2) is 34.4 Å². The number of primary amides is 1. The molecule has 4 rings (SSSR count). The molecule has 0 bridgehead atoms. The van der Waals surface area contributed by atoms with Crippen molar-refractivity contribution in [1.29, 1.82) is 0 Å². The Bertz CT molecular complexity index is 1110. The molecule has 156 valence electrons. The second-order valence-corrected chi connectivity index (χ2v) is 8.56. The van der Waals surface area contributed by atoms with Gasteiger partial charge in [0, 0.05) is 52.7 Å². The van der Waals surface area contributed by atoms with E-state index in [-0.39, 0.29) is 17.7 Å². The average Bonchev–Trinajstić information content (AvgIpc) is 2.99. The van der Waals surface area contributed by atoms with Crippen LogP contribution in [0.25, 0.3) is 10.9 Å². The van der Waals surface area contributed by atoms with Gasteiger partial charge in [0.25, 0.3) is 5.91 Å². The SMILES string of the molecule is Cc1c(C)n(Cc2ccc(Cl)cc2)c2ccc(C(=O)N3CCC(C(N)=O)CC3)cc12. The number of benzene rings is 2. The van der Waals surface area contributed by atoms with Gasteiger partial charge in [-0.3, -0.25) is 9.59 Å². The average molecular weight is 424 g/mol.